The highest BCUT2D eigenvalue weighted by atomic mass is 19.1. The first kappa shape index (κ1) is 16.9. The molecule has 5 heteroatoms. The third-order valence-corrected chi connectivity index (χ3v) is 2.91. The van der Waals surface area contributed by atoms with Gasteiger partial charge in [0.15, 0.2) is 0 Å². The molecule has 0 saturated carbocycles. The van der Waals surface area contributed by atoms with Crippen LogP contribution in [0.2, 0.25) is 0 Å². The van der Waals surface area contributed by atoms with E-state index in [9.17, 15) is 13.6 Å². The smallest absolute Gasteiger partial charge is 0.228 e. The van der Waals surface area contributed by atoms with Crippen LogP contribution in [0, 0.1) is 11.6 Å². The number of carbonyl (C=O) groups is 1. The van der Waals surface area contributed by atoms with E-state index < -0.39 is 17.5 Å². The van der Waals surface area contributed by atoms with Crippen molar-refractivity contribution in [3.05, 3.63) is 59.7 Å². The van der Waals surface area contributed by atoms with Gasteiger partial charge in [-0.3, -0.25) is 4.79 Å². The molecule has 2 aromatic rings. The van der Waals surface area contributed by atoms with Crippen molar-refractivity contribution in [2.45, 2.75) is 32.8 Å². The van der Waals surface area contributed by atoms with Gasteiger partial charge >= 0.3 is 0 Å². The molecule has 0 spiro atoms. The average Bonchev–Trinajstić information content (AvgIpc) is 2.43. The van der Waals surface area contributed by atoms with E-state index in [2.05, 4.69) is 5.32 Å². The minimum absolute atomic E-state index is 0.0613. The summed E-state index contributed by atoms with van der Waals surface area (Å²) < 4.78 is 32.2. The maximum atomic E-state index is 13.5. The van der Waals surface area contributed by atoms with Gasteiger partial charge in [0.1, 0.15) is 23.0 Å². The van der Waals surface area contributed by atoms with Gasteiger partial charge in [-0.05, 0) is 50.6 Å². The highest BCUT2D eigenvalue weighted by Gasteiger charge is 2.12. The minimum Gasteiger partial charge on any atom is -0.488 e. The Balaban J connectivity index is 1.99. The van der Waals surface area contributed by atoms with Crippen molar-refractivity contribution in [3.8, 4) is 5.75 Å². The Bertz CT molecular complexity index is 691. The lowest BCUT2D eigenvalue weighted by molar-refractivity contribution is -0.115. The maximum Gasteiger partial charge on any atom is 0.228 e. The Hall–Kier alpha value is -2.43. The topological polar surface area (TPSA) is 38.3 Å². The van der Waals surface area contributed by atoms with Crippen molar-refractivity contribution in [3.63, 3.8) is 0 Å². The van der Waals surface area contributed by atoms with E-state index in [0.29, 0.717) is 5.75 Å². The number of carbonyl (C=O) groups excluding carboxylic acids is 1. The van der Waals surface area contributed by atoms with Gasteiger partial charge < -0.3 is 10.1 Å². The summed E-state index contributed by atoms with van der Waals surface area (Å²) in [6.07, 6.45) is 0.0613. The van der Waals surface area contributed by atoms with Crippen LogP contribution in [-0.4, -0.2) is 11.5 Å². The van der Waals surface area contributed by atoms with Gasteiger partial charge in [-0.2, -0.15) is 0 Å². The Morgan fingerprint density at radius 1 is 1.09 bits per heavy atom. The molecule has 0 aliphatic rings. The summed E-state index contributed by atoms with van der Waals surface area (Å²) in [6.45, 7) is 5.84. The molecule has 0 atom stereocenters. The molecule has 0 aromatic heterocycles. The van der Waals surface area contributed by atoms with Crippen molar-refractivity contribution < 1.29 is 18.3 Å². The van der Waals surface area contributed by atoms with Crippen LogP contribution in [0.15, 0.2) is 42.5 Å². The molecule has 0 saturated heterocycles. The van der Waals surface area contributed by atoms with Gasteiger partial charge in [-0.15, -0.1) is 0 Å². The third-order valence-electron chi connectivity index (χ3n) is 2.91. The van der Waals surface area contributed by atoms with Gasteiger partial charge in [0.05, 0.1) is 12.1 Å². The van der Waals surface area contributed by atoms with Crippen LogP contribution in [0.5, 0.6) is 5.75 Å². The zero-order valence-corrected chi connectivity index (χ0v) is 13.3. The fourth-order valence-corrected chi connectivity index (χ4v) is 2.00. The van der Waals surface area contributed by atoms with Crippen LogP contribution in [-0.2, 0) is 11.2 Å². The molecule has 0 unspecified atom stereocenters. The molecular weight excluding hydrogens is 300 g/mol. The number of anilines is 1. The fraction of sp³-hybridized carbons (Fsp3) is 0.278. The lowest BCUT2D eigenvalue weighted by atomic mass is 10.1. The molecule has 3 nitrogen and oxygen atoms in total. The van der Waals surface area contributed by atoms with Crippen LogP contribution in [0.4, 0.5) is 14.5 Å². The molecule has 0 aliphatic heterocycles. The first-order chi connectivity index (χ1) is 10.7. The summed E-state index contributed by atoms with van der Waals surface area (Å²) in [5, 5.41) is 2.37. The average molecular weight is 319 g/mol. The number of ether oxygens (including phenoxy) is 1. The Morgan fingerprint density at radius 2 is 1.74 bits per heavy atom. The molecule has 23 heavy (non-hydrogen) atoms. The van der Waals surface area contributed by atoms with E-state index in [4.69, 9.17) is 4.74 Å². The molecule has 1 N–H and O–H groups in total. The van der Waals surface area contributed by atoms with E-state index in [1.807, 2.05) is 20.8 Å². The molecular formula is C18H19F2NO2. The van der Waals surface area contributed by atoms with Crippen molar-refractivity contribution in [2.24, 2.45) is 0 Å². The molecule has 122 valence electrons. The Kier molecular flexibility index (Phi) is 4.98. The standard InChI is InChI=1S/C18H19F2NO2/c1-18(2,3)23-14-7-4-12(5-8-14)10-17(22)21-16-11-13(19)6-9-15(16)20/h4-9,11H,10H2,1-3H3,(H,21,22). The molecule has 2 aromatic carbocycles. The zero-order valence-electron chi connectivity index (χ0n) is 13.3. The predicted octanol–water partition coefficient (Wildman–Crippen LogP) is 4.32. The summed E-state index contributed by atoms with van der Waals surface area (Å²) in [5.74, 6) is -0.990. The molecule has 0 radical (unpaired) electrons. The Morgan fingerprint density at radius 3 is 2.35 bits per heavy atom. The third kappa shape index (κ3) is 5.36. The van der Waals surface area contributed by atoms with Crippen LogP contribution in [0.3, 0.4) is 0 Å². The van der Waals surface area contributed by atoms with Crippen molar-refractivity contribution in [2.75, 3.05) is 5.32 Å². The molecule has 0 heterocycles. The molecule has 0 fully saturated rings. The first-order valence-electron chi connectivity index (χ1n) is 7.26. The van der Waals surface area contributed by atoms with Crippen LogP contribution in [0.25, 0.3) is 0 Å². The number of benzene rings is 2. The largest absolute Gasteiger partial charge is 0.488 e. The number of hydrogen-bond acceptors (Lipinski definition) is 2. The van der Waals surface area contributed by atoms with Gasteiger partial charge in [0.25, 0.3) is 0 Å². The van der Waals surface area contributed by atoms with E-state index in [1.165, 1.54) is 0 Å². The Labute approximate surface area is 134 Å². The summed E-state index contributed by atoms with van der Waals surface area (Å²) in [7, 11) is 0. The van der Waals surface area contributed by atoms with E-state index in [-0.39, 0.29) is 17.7 Å². The molecule has 1 amide bonds. The number of halogens is 2. The van der Waals surface area contributed by atoms with Crippen LogP contribution in [0.1, 0.15) is 26.3 Å². The van der Waals surface area contributed by atoms with E-state index in [0.717, 1.165) is 23.8 Å². The van der Waals surface area contributed by atoms with Crippen molar-refractivity contribution >= 4 is 11.6 Å². The second-order valence-electron chi connectivity index (χ2n) is 6.21. The molecule has 2 rings (SSSR count). The van der Waals surface area contributed by atoms with E-state index in [1.54, 1.807) is 24.3 Å². The SMILES string of the molecule is CC(C)(C)Oc1ccc(CC(=O)Nc2cc(F)ccc2F)cc1. The maximum absolute atomic E-state index is 13.5. The summed E-state index contributed by atoms with van der Waals surface area (Å²) in [4.78, 5) is 11.9. The van der Waals surface area contributed by atoms with Crippen molar-refractivity contribution in [1.82, 2.24) is 0 Å². The quantitative estimate of drug-likeness (QED) is 0.911. The number of rotatable bonds is 4. The van der Waals surface area contributed by atoms with Gasteiger partial charge in [0, 0.05) is 6.07 Å². The zero-order chi connectivity index (χ0) is 17.0. The number of amides is 1. The van der Waals surface area contributed by atoms with Gasteiger partial charge in [-0.1, -0.05) is 12.1 Å². The summed E-state index contributed by atoms with van der Waals surface area (Å²) in [5.41, 5.74) is 0.289. The monoisotopic (exact) mass is 319 g/mol. The lowest BCUT2D eigenvalue weighted by Gasteiger charge is -2.21. The first-order valence-corrected chi connectivity index (χ1v) is 7.26. The highest BCUT2D eigenvalue weighted by Crippen LogP contribution is 2.19. The van der Waals surface area contributed by atoms with Crippen LogP contribution < -0.4 is 10.1 Å². The molecule has 0 bridgehead atoms. The second-order valence-corrected chi connectivity index (χ2v) is 6.21. The van der Waals surface area contributed by atoms with Crippen molar-refractivity contribution in [1.29, 1.82) is 0 Å². The minimum atomic E-state index is -0.673. The lowest BCUT2D eigenvalue weighted by Crippen LogP contribution is -2.22. The normalized spacial score (nSPS) is 11.2. The summed E-state index contributed by atoms with van der Waals surface area (Å²) in [6, 6.07) is 10.0. The molecule has 0 aliphatic carbocycles. The van der Waals surface area contributed by atoms with Gasteiger partial charge in [-0.25, -0.2) is 8.78 Å². The van der Waals surface area contributed by atoms with Gasteiger partial charge in [0.2, 0.25) is 5.91 Å². The summed E-state index contributed by atoms with van der Waals surface area (Å²) >= 11 is 0. The predicted molar refractivity (Wildman–Crippen MR) is 85.5 cm³/mol. The fourth-order valence-electron chi connectivity index (χ4n) is 2.00. The number of nitrogens with one attached hydrogen (secondary N) is 1. The van der Waals surface area contributed by atoms with Crippen LogP contribution >= 0.6 is 0 Å². The van der Waals surface area contributed by atoms with E-state index >= 15 is 0 Å². The second kappa shape index (κ2) is 6.77. The number of hydrogen-bond donors (Lipinski definition) is 1. The highest BCUT2D eigenvalue weighted by molar-refractivity contribution is 5.92.